The lowest BCUT2D eigenvalue weighted by Gasteiger charge is -2.13. The lowest BCUT2D eigenvalue weighted by molar-refractivity contribution is 0.992. The highest BCUT2D eigenvalue weighted by atomic mass is 15.2. The summed E-state index contributed by atoms with van der Waals surface area (Å²) in [4.78, 5) is 5.09. The predicted molar refractivity (Wildman–Crippen MR) is 200 cm³/mol. The number of rotatable bonds is 5. The first-order valence-corrected chi connectivity index (χ1v) is 16.2. The van der Waals surface area contributed by atoms with Crippen LogP contribution in [0.2, 0.25) is 0 Å². The van der Waals surface area contributed by atoms with E-state index >= 15 is 0 Å². The van der Waals surface area contributed by atoms with E-state index in [4.69, 9.17) is 10.1 Å². The highest BCUT2D eigenvalue weighted by molar-refractivity contribution is 6.25. The zero-order chi connectivity index (χ0) is 31.9. The third kappa shape index (κ3) is 4.90. The van der Waals surface area contributed by atoms with Crippen LogP contribution in [0, 0.1) is 0 Å². The average Bonchev–Trinajstić information content (AvgIpc) is 3.18. The summed E-state index contributed by atoms with van der Waals surface area (Å²) in [6, 6.07) is 61.9. The van der Waals surface area contributed by atoms with Gasteiger partial charge in [0, 0.05) is 16.7 Å². The molecule has 1 aromatic heterocycles. The molecule has 0 N–H and O–H groups in total. The van der Waals surface area contributed by atoms with Crippen LogP contribution in [-0.4, -0.2) is 15.2 Å². The molecule has 0 spiro atoms. The maximum atomic E-state index is 5.09. The van der Waals surface area contributed by atoms with Crippen LogP contribution in [0.3, 0.4) is 0 Å². The van der Waals surface area contributed by atoms with Gasteiger partial charge in [0.05, 0.1) is 0 Å². The van der Waals surface area contributed by atoms with Gasteiger partial charge >= 0.3 is 0 Å². The summed E-state index contributed by atoms with van der Waals surface area (Å²) in [7, 11) is 0. The van der Waals surface area contributed by atoms with Crippen molar-refractivity contribution in [2.24, 2.45) is 0 Å². The van der Waals surface area contributed by atoms with Gasteiger partial charge in [-0.1, -0.05) is 158 Å². The summed E-state index contributed by atoms with van der Waals surface area (Å²) in [6.07, 6.45) is 0. The topological polar surface area (TPSA) is 38.7 Å². The van der Waals surface area contributed by atoms with Crippen molar-refractivity contribution in [3.8, 4) is 56.2 Å². The second-order valence-corrected chi connectivity index (χ2v) is 12.1. The molecule has 0 amide bonds. The molecule has 9 rings (SSSR count). The summed E-state index contributed by atoms with van der Waals surface area (Å²) in [5, 5.41) is 17.0. The molecule has 0 saturated heterocycles. The first-order chi connectivity index (χ1) is 23.8. The van der Waals surface area contributed by atoms with E-state index in [1.54, 1.807) is 0 Å². The van der Waals surface area contributed by atoms with Crippen molar-refractivity contribution in [2.45, 2.75) is 0 Å². The first-order valence-electron chi connectivity index (χ1n) is 16.2. The van der Waals surface area contributed by atoms with Crippen LogP contribution < -0.4 is 0 Å². The van der Waals surface area contributed by atoms with Crippen LogP contribution in [0.25, 0.3) is 88.5 Å². The third-order valence-corrected chi connectivity index (χ3v) is 9.18. The van der Waals surface area contributed by atoms with E-state index in [2.05, 4.69) is 132 Å². The molecule has 0 bridgehead atoms. The Labute approximate surface area is 278 Å². The second-order valence-electron chi connectivity index (χ2n) is 12.1. The molecular formula is C45H29N3. The minimum Gasteiger partial charge on any atom is -0.224 e. The number of aromatic nitrogens is 3. The highest BCUT2D eigenvalue weighted by Crippen LogP contribution is 2.38. The number of nitrogens with zero attached hydrogens (tertiary/aromatic N) is 3. The van der Waals surface area contributed by atoms with Gasteiger partial charge in [-0.3, -0.25) is 0 Å². The molecule has 0 saturated carbocycles. The van der Waals surface area contributed by atoms with Crippen molar-refractivity contribution in [3.63, 3.8) is 0 Å². The minimum absolute atomic E-state index is 0.597. The molecule has 0 aliphatic rings. The zero-order valence-corrected chi connectivity index (χ0v) is 26.1. The summed E-state index contributed by atoms with van der Waals surface area (Å²) in [5.41, 5.74) is 9.10. The molecular weight excluding hydrogens is 583 g/mol. The molecule has 0 radical (unpaired) electrons. The van der Waals surface area contributed by atoms with Crippen LogP contribution in [0.5, 0.6) is 0 Å². The fraction of sp³-hybridized carbons (Fsp3) is 0. The van der Waals surface area contributed by atoms with Crippen molar-refractivity contribution in [3.05, 3.63) is 176 Å². The molecule has 3 heteroatoms. The Bertz CT molecular complexity index is 2570. The van der Waals surface area contributed by atoms with Gasteiger partial charge in [0.15, 0.2) is 5.82 Å². The van der Waals surface area contributed by atoms with Crippen LogP contribution >= 0.6 is 0 Å². The molecule has 0 unspecified atom stereocenters. The van der Waals surface area contributed by atoms with E-state index in [-0.39, 0.29) is 0 Å². The maximum absolute atomic E-state index is 5.09. The lowest BCUT2D eigenvalue weighted by Crippen LogP contribution is -2.00. The first kappa shape index (κ1) is 27.8. The van der Waals surface area contributed by atoms with E-state index in [1.807, 2.05) is 48.5 Å². The third-order valence-electron chi connectivity index (χ3n) is 9.18. The Hall–Kier alpha value is -6.45. The fourth-order valence-electron chi connectivity index (χ4n) is 6.84. The monoisotopic (exact) mass is 611 g/mol. The SMILES string of the molecule is c1ccc(-c2nnc(-c3cccc(-c4cccc(-c5ccc6c7ccccc7c7ccccc7c6c5)c4)c3)nc2-c2ccccc2)cc1. The maximum Gasteiger partial charge on any atom is 0.182 e. The predicted octanol–water partition coefficient (Wildman–Crippen LogP) is 11.7. The van der Waals surface area contributed by atoms with Crippen molar-refractivity contribution in [1.82, 2.24) is 15.2 Å². The zero-order valence-electron chi connectivity index (χ0n) is 26.1. The summed E-state index contributed by atoms with van der Waals surface area (Å²) >= 11 is 0. The molecule has 224 valence electrons. The summed E-state index contributed by atoms with van der Waals surface area (Å²) < 4.78 is 0. The smallest absolute Gasteiger partial charge is 0.182 e. The van der Waals surface area contributed by atoms with Crippen LogP contribution in [0.1, 0.15) is 0 Å². The normalized spacial score (nSPS) is 11.3. The van der Waals surface area contributed by atoms with Gasteiger partial charge in [-0.05, 0) is 72.8 Å². The Kier molecular flexibility index (Phi) is 6.80. The van der Waals surface area contributed by atoms with Crippen molar-refractivity contribution < 1.29 is 0 Å². The Balaban J connectivity index is 1.12. The molecule has 9 aromatic rings. The van der Waals surface area contributed by atoms with Gasteiger partial charge in [-0.2, -0.15) is 0 Å². The number of hydrogen-bond acceptors (Lipinski definition) is 3. The van der Waals surface area contributed by atoms with E-state index in [0.717, 1.165) is 39.2 Å². The van der Waals surface area contributed by atoms with E-state index in [9.17, 15) is 0 Å². The van der Waals surface area contributed by atoms with E-state index in [0.29, 0.717) is 5.82 Å². The van der Waals surface area contributed by atoms with Gasteiger partial charge in [-0.25, -0.2) is 4.98 Å². The number of hydrogen-bond donors (Lipinski definition) is 0. The Morgan fingerprint density at radius 3 is 1.25 bits per heavy atom. The molecule has 3 nitrogen and oxygen atoms in total. The summed E-state index contributed by atoms with van der Waals surface area (Å²) in [5.74, 6) is 0.597. The molecule has 0 aliphatic heterocycles. The van der Waals surface area contributed by atoms with E-state index in [1.165, 1.54) is 43.4 Å². The highest BCUT2D eigenvalue weighted by Gasteiger charge is 2.15. The molecule has 0 fully saturated rings. The molecule has 1 heterocycles. The van der Waals surface area contributed by atoms with Gasteiger partial charge in [0.25, 0.3) is 0 Å². The Morgan fingerprint density at radius 2 is 0.667 bits per heavy atom. The van der Waals surface area contributed by atoms with Crippen LogP contribution in [0.4, 0.5) is 0 Å². The van der Waals surface area contributed by atoms with Gasteiger partial charge in [-0.15, -0.1) is 10.2 Å². The average molecular weight is 612 g/mol. The lowest BCUT2D eigenvalue weighted by atomic mass is 9.91. The molecule has 0 atom stereocenters. The fourth-order valence-corrected chi connectivity index (χ4v) is 6.84. The minimum atomic E-state index is 0.597. The Morgan fingerprint density at radius 1 is 0.250 bits per heavy atom. The quantitative estimate of drug-likeness (QED) is 0.182. The van der Waals surface area contributed by atoms with Crippen LogP contribution in [-0.2, 0) is 0 Å². The van der Waals surface area contributed by atoms with Crippen molar-refractivity contribution in [2.75, 3.05) is 0 Å². The van der Waals surface area contributed by atoms with Gasteiger partial charge < -0.3 is 0 Å². The number of fused-ring (bicyclic) bond motifs is 6. The molecule has 8 aromatic carbocycles. The van der Waals surface area contributed by atoms with Crippen LogP contribution in [0.15, 0.2) is 176 Å². The molecule has 0 aliphatic carbocycles. The van der Waals surface area contributed by atoms with Gasteiger partial charge in [0.1, 0.15) is 11.4 Å². The van der Waals surface area contributed by atoms with Gasteiger partial charge in [0.2, 0.25) is 0 Å². The standard InChI is InChI=1S/C45H29N3/c1-3-13-30(14-4-1)43-44(31-15-5-2-6-16-31)47-48-45(46-43)36-20-12-19-34(28-36)32-17-11-18-33(27-32)35-25-26-41-39-23-8-7-21-37(39)38-22-9-10-24-40(38)42(41)29-35/h1-29H. The largest absolute Gasteiger partial charge is 0.224 e. The van der Waals surface area contributed by atoms with Crippen molar-refractivity contribution in [1.29, 1.82) is 0 Å². The molecule has 48 heavy (non-hydrogen) atoms. The van der Waals surface area contributed by atoms with E-state index < -0.39 is 0 Å². The number of benzene rings is 8. The van der Waals surface area contributed by atoms with Crippen molar-refractivity contribution >= 4 is 32.3 Å². The summed E-state index contributed by atoms with van der Waals surface area (Å²) in [6.45, 7) is 0. The second kappa shape index (κ2) is 11.7.